The van der Waals surface area contributed by atoms with E-state index in [4.69, 9.17) is 11.6 Å². The summed E-state index contributed by atoms with van der Waals surface area (Å²) < 4.78 is 0. The number of carbonyl (C=O) groups is 1. The quantitative estimate of drug-likeness (QED) is 0.932. The van der Waals surface area contributed by atoms with Crippen molar-refractivity contribution in [1.82, 2.24) is 0 Å². The van der Waals surface area contributed by atoms with Crippen LogP contribution in [0.5, 0.6) is 0 Å². The Hall–Kier alpha value is -2.17. The molecule has 0 spiro atoms. The fraction of sp³-hybridized carbons (Fsp3) is 0.263. The molecular formula is C19H17ClN2O2. The van der Waals surface area contributed by atoms with Gasteiger partial charge in [-0.2, -0.15) is 0 Å². The highest BCUT2D eigenvalue weighted by Crippen LogP contribution is 2.35. The zero-order valence-electron chi connectivity index (χ0n) is 13.0. The maximum atomic E-state index is 12.7. The largest absolute Gasteiger partial charge is 0.364 e. The molecule has 1 saturated carbocycles. The fourth-order valence-electron chi connectivity index (χ4n) is 3.01. The Balaban J connectivity index is 1.89. The van der Waals surface area contributed by atoms with Crippen LogP contribution in [0.1, 0.15) is 24.0 Å². The first-order valence-electron chi connectivity index (χ1n) is 8.06. The number of aliphatic hydroxyl groups is 1. The molecule has 2 aromatic rings. The minimum atomic E-state index is -1.40. The number of aliphatic hydroxyl groups excluding tert-OH is 1. The Morgan fingerprint density at radius 2 is 1.92 bits per heavy atom. The molecule has 1 amide bonds. The number of fused-ring (bicyclic) bond motifs is 1. The molecule has 4 rings (SSSR count). The van der Waals surface area contributed by atoms with Gasteiger partial charge in [-0.3, -0.25) is 4.79 Å². The van der Waals surface area contributed by atoms with E-state index in [-0.39, 0.29) is 5.91 Å². The van der Waals surface area contributed by atoms with Gasteiger partial charge in [0.15, 0.2) is 0 Å². The third-order valence-electron chi connectivity index (χ3n) is 4.43. The minimum absolute atomic E-state index is 0.378. The molecular weight excluding hydrogens is 324 g/mol. The van der Waals surface area contributed by atoms with Crippen molar-refractivity contribution in [2.75, 3.05) is 11.4 Å². The van der Waals surface area contributed by atoms with Gasteiger partial charge in [-0.25, -0.2) is 4.99 Å². The van der Waals surface area contributed by atoms with Gasteiger partial charge in [0, 0.05) is 22.7 Å². The van der Waals surface area contributed by atoms with E-state index in [1.807, 2.05) is 42.5 Å². The van der Waals surface area contributed by atoms with E-state index in [2.05, 4.69) is 4.99 Å². The lowest BCUT2D eigenvalue weighted by Crippen LogP contribution is -2.39. The molecule has 0 aromatic heterocycles. The second-order valence-electron chi connectivity index (χ2n) is 6.27. The van der Waals surface area contributed by atoms with Gasteiger partial charge in [0.25, 0.3) is 5.91 Å². The van der Waals surface area contributed by atoms with E-state index in [9.17, 15) is 9.90 Å². The summed E-state index contributed by atoms with van der Waals surface area (Å²) in [6, 6.07) is 15.0. The van der Waals surface area contributed by atoms with Crippen molar-refractivity contribution in [3.8, 4) is 0 Å². The van der Waals surface area contributed by atoms with E-state index in [0.717, 1.165) is 29.7 Å². The van der Waals surface area contributed by atoms with E-state index in [1.54, 1.807) is 11.0 Å². The predicted octanol–water partition coefficient (Wildman–Crippen LogP) is 3.25. The lowest BCUT2D eigenvalue weighted by atomic mass is 10.00. The van der Waals surface area contributed by atoms with Crippen LogP contribution in [0.25, 0.3) is 0 Å². The highest BCUT2D eigenvalue weighted by atomic mass is 35.5. The van der Waals surface area contributed by atoms with E-state index >= 15 is 0 Å². The molecule has 1 fully saturated rings. The molecule has 1 unspecified atom stereocenters. The Kier molecular flexibility index (Phi) is 3.87. The molecule has 0 bridgehead atoms. The molecule has 1 aliphatic heterocycles. The summed E-state index contributed by atoms with van der Waals surface area (Å²) in [5, 5.41) is 10.9. The molecule has 122 valence electrons. The first kappa shape index (κ1) is 15.4. The smallest absolute Gasteiger partial charge is 0.278 e. The van der Waals surface area contributed by atoms with Crippen LogP contribution >= 0.6 is 11.6 Å². The second-order valence-corrected chi connectivity index (χ2v) is 6.71. The summed E-state index contributed by atoms with van der Waals surface area (Å²) in [5.41, 5.74) is 2.98. The van der Waals surface area contributed by atoms with Crippen LogP contribution in [0.2, 0.25) is 5.02 Å². The van der Waals surface area contributed by atoms with Gasteiger partial charge >= 0.3 is 0 Å². The van der Waals surface area contributed by atoms with Crippen LogP contribution in [0.4, 0.5) is 5.69 Å². The van der Waals surface area contributed by atoms with Crippen molar-refractivity contribution in [3.05, 3.63) is 64.7 Å². The van der Waals surface area contributed by atoms with Crippen molar-refractivity contribution in [3.63, 3.8) is 0 Å². The third kappa shape index (κ3) is 2.83. The molecule has 5 heteroatoms. The summed E-state index contributed by atoms with van der Waals surface area (Å²) in [6.45, 7) is 0.613. The summed E-state index contributed by atoms with van der Waals surface area (Å²) in [5.74, 6) is 0.124. The zero-order chi connectivity index (χ0) is 16.7. The number of hydrogen-bond donors (Lipinski definition) is 1. The summed E-state index contributed by atoms with van der Waals surface area (Å²) >= 11 is 6.20. The van der Waals surface area contributed by atoms with Gasteiger partial charge in [-0.15, -0.1) is 0 Å². The number of carbonyl (C=O) groups excluding carboxylic acids is 1. The normalized spacial score (nSPS) is 20.4. The molecule has 1 heterocycles. The number of hydrogen-bond acceptors (Lipinski definition) is 3. The number of aliphatic imine (C=N–C) groups is 1. The molecule has 0 saturated heterocycles. The summed E-state index contributed by atoms with van der Waals surface area (Å²) in [4.78, 5) is 18.6. The lowest BCUT2D eigenvalue weighted by Gasteiger charge is -2.24. The maximum absolute atomic E-state index is 12.7. The number of benzene rings is 2. The molecule has 4 nitrogen and oxygen atoms in total. The zero-order valence-corrected chi connectivity index (χ0v) is 13.8. The molecule has 1 N–H and O–H groups in total. The Labute approximate surface area is 145 Å². The number of anilines is 1. The standard InChI is InChI=1S/C19H17ClN2O2/c20-14-8-9-16-15(10-14)17(13-4-2-1-3-5-13)21-18(23)19(24)22(16)11-12-6-7-12/h1-5,8-10,12,18,23H,6-7,11H2. The first-order chi connectivity index (χ1) is 11.6. The molecule has 0 radical (unpaired) electrons. The monoisotopic (exact) mass is 340 g/mol. The fourth-order valence-corrected chi connectivity index (χ4v) is 3.18. The highest BCUT2D eigenvalue weighted by molar-refractivity contribution is 6.32. The van der Waals surface area contributed by atoms with Crippen molar-refractivity contribution in [2.24, 2.45) is 10.9 Å². The third-order valence-corrected chi connectivity index (χ3v) is 4.66. The van der Waals surface area contributed by atoms with Crippen LogP contribution in [0.3, 0.4) is 0 Å². The van der Waals surface area contributed by atoms with Crippen LogP contribution in [0.15, 0.2) is 53.5 Å². The number of nitrogens with zero attached hydrogens (tertiary/aromatic N) is 2. The van der Waals surface area contributed by atoms with E-state index in [1.165, 1.54) is 0 Å². The number of rotatable bonds is 3. The average molecular weight is 341 g/mol. The number of amides is 1. The summed E-state index contributed by atoms with van der Waals surface area (Å²) in [7, 11) is 0. The van der Waals surface area contributed by atoms with E-state index < -0.39 is 6.23 Å². The molecule has 2 aliphatic rings. The molecule has 1 aliphatic carbocycles. The number of halogens is 1. The molecule has 24 heavy (non-hydrogen) atoms. The van der Waals surface area contributed by atoms with Gasteiger partial charge < -0.3 is 10.0 Å². The van der Waals surface area contributed by atoms with Crippen LogP contribution in [-0.2, 0) is 4.79 Å². The Bertz CT molecular complexity index is 815. The highest BCUT2D eigenvalue weighted by Gasteiger charge is 2.34. The van der Waals surface area contributed by atoms with Crippen molar-refractivity contribution in [2.45, 2.75) is 19.1 Å². The topological polar surface area (TPSA) is 52.9 Å². The van der Waals surface area contributed by atoms with Gasteiger partial charge in [0.2, 0.25) is 6.23 Å². The molecule has 2 aromatic carbocycles. The number of benzodiazepines with no additional fused rings is 1. The Morgan fingerprint density at radius 1 is 1.17 bits per heavy atom. The van der Waals surface area contributed by atoms with Gasteiger partial charge in [-0.1, -0.05) is 41.9 Å². The van der Waals surface area contributed by atoms with Gasteiger partial charge in [0.05, 0.1) is 11.4 Å². The predicted molar refractivity (Wildman–Crippen MR) is 94.6 cm³/mol. The first-order valence-corrected chi connectivity index (χ1v) is 8.44. The summed E-state index contributed by atoms with van der Waals surface area (Å²) in [6.07, 6.45) is 0.842. The van der Waals surface area contributed by atoms with Crippen molar-refractivity contribution < 1.29 is 9.90 Å². The maximum Gasteiger partial charge on any atom is 0.278 e. The second kappa shape index (κ2) is 6.04. The minimum Gasteiger partial charge on any atom is -0.364 e. The SMILES string of the molecule is O=C1C(O)N=C(c2ccccc2)c2cc(Cl)ccc2N1CC1CC1. The van der Waals surface area contributed by atoms with Crippen molar-refractivity contribution >= 4 is 28.9 Å². The van der Waals surface area contributed by atoms with Gasteiger partial charge in [0.1, 0.15) is 0 Å². The van der Waals surface area contributed by atoms with Gasteiger partial charge in [-0.05, 0) is 37.0 Å². The Morgan fingerprint density at radius 3 is 2.62 bits per heavy atom. The van der Waals surface area contributed by atoms with Crippen molar-refractivity contribution in [1.29, 1.82) is 0 Å². The van der Waals surface area contributed by atoms with Crippen LogP contribution < -0.4 is 4.90 Å². The molecule has 1 atom stereocenters. The van der Waals surface area contributed by atoms with E-state index in [0.29, 0.717) is 23.2 Å². The average Bonchev–Trinajstić information content (AvgIpc) is 3.42. The lowest BCUT2D eigenvalue weighted by molar-refractivity contribution is -0.126. The van der Waals surface area contributed by atoms with Crippen LogP contribution in [0, 0.1) is 5.92 Å². The van der Waals surface area contributed by atoms with Crippen LogP contribution in [-0.4, -0.2) is 29.5 Å².